The van der Waals surface area contributed by atoms with Crippen LogP contribution in [0.15, 0.2) is 18.2 Å². The SMILES string of the molecule is CCCC[C@H](c1ccc(C(F)(F)F)cc1C(F)(F)F)N1CCNCC1. The quantitative estimate of drug-likeness (QED) is 0.747. The first-order chi connectivity index (χ1) is 11.6. The lowest BCUT2D eigenvalue weighted by molar-refractivity contribution is -0.143. The summed E-state index contributed by atoms with van der Waals surface area (Å²) in [5.41, 5.74) is -2.50. The van der Waals surface area contributed by atoms with Crippen molar-refractivity contribution < 1.29 is 26.3 Å². The molecule has 2 nitrogen and oxygen atoms in total. The highest BCUT2D eigenvalue weighted by atomic mass is 19.4. The third-order valence-electron chi connectivity index (χ3n) is 4.47. The molecule has 8 heteroatoms. The van der Waals surface area contributed by atoms with Crippen LogP contribution in [0.5, 0.6) is 0 Å². The zero-order valence-corrected chi connectivity index (χ0v) is 14.0. The summed E-state index contributed by atoms with van der Waals surface area (Å²) in [6.07, 6.45) is -7.61. The van der Waals surface area contributed by atoms with Crippen LogP contribution in [0.2, 0.25) is 0 Å². The second-order valence-corrected chi connectivity index (χ2v) is 6.24. The molecule has 1 aliphatic rings. The average Bonchev–Trinajstić information content (AvgIpc) is 2.54. The van der Waals surface area contributed by atoms with Crippen molar-refractivity contribution in [2.75, 3.05) is 26.2 Å². The molecule has 1 fully saturated rings. The summed E-state index contributed by atoms with van der Waals surface area (Å²) in [5.74, 6) is 0. The number of rotatable bonds is 5. The molecule has 0 bridgehead atoms. The van der Waals surface area contributed by atoms with Gasteiger partial charge < -0.3 is 5.32 Å². The molecule has 0 saturated carbocycles. The maximum absolute atomic E-state index is 13.5. The van der Waals surface area contributed by atoms with Crippen LogP contribution < -0.4 is 5.32 Å². The Bertz CT molecular complexity index is 561. The van der Waals surface area contributed by atoms with E-state index in [4.69, 9.17) is 0 Å². The highest BCUT2D eigenvalue weighted by Crippen LogP contribution is 2.41. The Kier molecular flexibility index (Phi) is 6.37. The van der Waals surface area contributed by atoms with Crippen molar-refractivity contribution in [2.24, 2.45) is 0 Å². The monoisotopic (exact) mass is 368 g/mol. The Morgan fingerprint density at radius 2 is 1.68 bits per heavy atom. The van der Waals surface area contributed by atoms with Gasteiger partial charge in [-0.25, -0.2) is 0 Å². The van der Waals surface area contributed by atoms with E-state index < -0.39 is 29.5 Å². The summed E-state index contributed by atoms with van der Waals surface area (Å²) in [7, 11) is 0. The molecule has 2 rings (SSSR count). The summed E-state index contributed by atoms with van der Waals surface area (Å²) in [6.45, 7) is 4.40. The van der Waals surface area contributed by atoms with E-state index in [9.17, 15) is 26.3 Å². The molecule has 0 aromatic heterocycles. The Balaban J connectivity index is 2.47. The number of hydrogen-bond acceptors (Lipinski definition) is 2. The molecule has 0 aliphatic carbocycles. The largest absolute Gasteiger partial charge is 0.416 e. The smallest absolute Gasteiger partial charge is 0.314 e. The first kappa shape index (κ1) is 20.0. The predicted octanol–water partition coefficient (Wildman–Crippen LogP) is 4.86. The van der Waals surface area contributed by atoms with Gasteiger partial charge in [0.2, 0.25) is 0 Å². The maximum atomic E-state index is 13.5. The van der Waals surface area contributed by atoms with Gasteiger partial charge in [0.1, 0.15) is 0 Å². The van der Waals surface area contributed by atoms with Crippen LogP contribution in [0.25, 0.3) is 0 Å². The van der Waals surface area contributed by atoms with E-state index in [1.165, 1.54) is 0 Å². The van der Waals surface area contributed by atoms with Crippen molar-refractivity contribution >= 4 is 0 Å². The van der Waals surface area contributed by atoms with Gasteiger partial charge in [0.05, 0.1) is 11.1 Å². The van der Waals surface area contributed by atoms with E-state index in [2.05, 4.69) is 5.32 Å². The first-order valence-electron chi connectivity index (χ1n) is 8.37. The van der Waals surface area contributed by atoms with Crippen LogP contribution in [-0.4, -0.2) is 31.1 Å². The second kappa shape index (κ2) is 7.95. The van der Waals surface area contributed by atoms with Crippen molar-refractivity contribution in [3.05, 3.63) is 34.9 Å². The van der Waals surface area contributed by atoms with Crippen molar-refractivity contribution in [3.8, 4) is 0 Å². The normalized spacial score (nSPS) is 18.4. The van der Waals surface area contributed by atoms with Gasteiger partial charge in [-0.05, 0) is 24.1 Å². The van der Waals surface area contributed by atoms with Crippen LogP contribution in [-0.2, 0) is 12.4 Å². The predicted molar refractivity (Wildman–Crippen MR) is 83.2 cm³/mol. The Morgan fingerprint density at radius 3 is 2.20 bits per heavy atom. The van der Waals surface area contributed by atoms with Crippen molar-refractivity contribution in [2.45, 2.75) is 44.6 Å². The number of piperazine rings is 1. The second-order valence-electron chi connectivity index (χ2n) is 6.24. The summed E-state index contributed by atoms with van der Waals surface area (Å²) in [5, 5.41) is 3.14. The Labute approximate surface area is 143 Å². The number of benzene rings is 1. The summed E-state index contributed by atoms with van der Waals surface area (Å²) in [6, 6.07) is 1.48. The van der Waals surface area contributed by atoms with E-state index in [1.54, 1.807) is 0 Å². The lowest BCUT2D eigenvalue weighted by Gasteiger charge is -2.36. The molecule has 0 spiro atoms. The molecule has 1 aromatic rings. The highest BCUT2D eigenvalue weighted by Gasteiger charge is 2.40. The van der Waals surface area contributed by atoms with Gasteiger partial charge in [0.25, 0.3) is 0 Å². The van der Waals surface area contributed by atoms with Gasteiger partial charge in [-0.1, -0.05) is 25.8 Å². The lowest BCUT2D eigenvalue weighted by Crippen LogP contribution is -2.45. The fraction of sp³-hybridized carbons (Fsp3) is 0.647. The number of alkyl halides is 6. The molecular weight excluding hydrogens is 346 g/mol. The van der Waals surface area contributed by atoms with Crippen molar-refractivity contribution in [1.82, 2.24) is 10.2 Å². The van der Waals surface area contributed by atoms with Gasteiger partial charge >= 0.3 is 12.4 Å². The topological polar surface area (TPSA) is 15.3 Å². The van der Waals surface area contributed by atoms with Gasteiger partial charge in [-0.2, -0.15) is 26.3 Å². The minimum atomic E-state index is -4.82. The molecule has 25 heavy (non-hydrogen) atoms. The van der Waals surface area contributed by atoms with Crippen LogP contribution in [0.4, 0.5) is 26.3 Å². The molecule has 1 aromatic carbocycles. The van der Waals surface area contributed by atoms with E-state index in [-0.39, 0.29) is 11.6 Å². The summed E-state index contributed by atoms with van der Waals surface area (Å²) in [4.78, 5) is 1.93. The minimum Gasteiger partial charge on any atom is -0.314 e. The molecule has 0 radical (unpaired) electrons. The number of nitrogens with one attached hydrogen (secondary N) is 1. The first-order valence-corrected chi connectivity index (χ1v) is 8.37. The molecule has 1 saturated heterocycles. The van der Waals surface area contributed by atoms with Crippen molar-refractivity contribution in [1.29, 1.82) is 0 Å². The third kappa shape index (κ3) is 5.10. The zero-order chi connectivity index (χ0) is 18.7. The summed E-state index contributed by atoms with van der Waals surface area (Å²) < 4.78 is 79.0. The van der Waals surface area contributed by atoms with E-state index in [0.29, 0.717) is 39.0 Å². The van der Waals surface area contributed by atoms with Crippen LogP contribution in [0.3, 0.4) is 0 Å². The molecule has 1 N–H and O–H groups in total. The molecule has 142 valence electrons. The van der Waals surface area contributed by atoms with E-state index >= 15 is 0 Å². The maximum Gasteiger partial charge on any atom is 0.416 e. The van der Waals surface area contributed by atoms with E-state index in [0.717, 1.165) is 18.6 Å². The van der Waals surface area contributed by atoms with Crippen LogP contribution in [0, 0.1) is 0 Å². The Hall–Kier alpha value is -1.28. The standard InChI is InChI=1S/C17H22F6N2/c1-2-3-4-15(25-9-7-24-8-10-25)13-6-5-12(16(18,19)20)11-14(13)17(21,22)23/h5-6,11,15,24H,2-4,7-10H2,1H3/t15-/m1/s1. The Morgan fingerprint density at radius 1 is 1.04 bits per heavy atom. The number of unbranched alkanes of at least 4 members (excludes halogenated alkanes) is 1. The van der Waals surface area contributed by atoms with Gasteiger partial charge in [0, 0.05) is 32.2 Å². The molecular formula is C17H22F6N2. The molecule has 1 aliphatic heterocycles. The highest BCUT2D eigenvalue weighted by molar-refractivity contribution is 5.37. The molecule has 1 heterocycles. The molecule has 0 unspecified atom stereocenters. The van der Waals surface area contributed by atoms with E-state index in [1.807, 2.05) is 11.8 Å². The minimum absolute atomic E-state index is 0.0594. The zero-order valence-electron chi connectivity index (χ0n) is 14.0. The van der Waals surface area contributed by atoms with Crippen LogP contribution in [0.1, 0.15) is 48.9 Å². The van der Waals surface area contributed by atoms with Gasteiger partial charge in [0.15, 0.2) is 0 Å². The number of nitrogens with zero attached hydrogens (tertiary/aromatic N) is 1. The van der Waals surface area contributed by atoms with Crippen LogP contribution >= 0.6 is 0 Å². The average molecular weight is 368 g/mol. The fourth-order valence-electron chi connectivity index (χ4n) is 3.19. The van der Waals surface area contributed by atoms with Gasteiger partial charge in [-0.3, -0.25) is 4.90 Å². The summed E-state index contributed by atoms with van der Waals surface area (Å²) >= 11 is 0. The fourth-order valence-corrected chi connectivity index (χ4v) is 3.19. The lowest BCUT2D eigenvalue weighted by atomic mass is 9.92. The molecule has 1 atom stereocenters. The number of halogens is 6. The van der Waals surface area contributed by atoms with Crippen molar-refractivity contribution in [3.63, 3.8) is 0 Å². The van der Waals surface area contributed by atoms with Gasteiger partial charge in [-0.15, -0.1) is 0 Å². The molecule has 0 amide bonds. The third-order valence-corrected chi connectivity index (χ3v) is 4.47. The number of hydrogen-bond donors (Lipinski definition) is 1.